The molecule has 0 bridgehead atoms. The van der Waals surface area contributed by atoms with E-state index in [9.17, 15) is 9.59 Å². The van der Waals surface area contributed by atoms with Crippen LogP contribution in [-0.4, -0.2) is 21.8 Å². The monoisotopic (exact) mass is 468 g/mol. The van der Waals surface area contributed by atoms with Crippen molar-refractivity contribution in [2.45, 2.75) is 65.2 Å². The fourth-order valence-corrected chi connectivity index (χ4v) is 5.59. The summed E-state index contributed by atoms with van der Waals surface area (Å²) in [5, 5.41) is 9.39. The van der Waals surface area contributed by atoms with Gasteiger partial charge in [0.25, 0.3) is 5.91 Å². The van der Waals surface area contributed by atoms with Crippen LogP contribution < -0.4 is 10.6 Å². The Bertz CT molecular complexity index is 1130. The maximum Gasteiger partial charge on any atom is 0.269 e. The molecule has 0 saturated heterocycles. The number of carbonyl (C=O) groups excluding carboxylic acids is 2. The third-order valence-electron chi connectivity index (χ3n) is 5.70. The van der Waals surface area contributed by atoms with Crippen LogP contribution in [0.5, 0.6) is 0 Å². The number of fused-ring (bicyclic) bond motifs is 1. The Hall–Kier alpha value is -2.58. The zero-order valence-electron chi connectivity index (χ0n) is 18.7. The molecule has 2 N–H and O–H groups in total. The number of hydrogen-bond donors (Lipinski definition) is 2. The van der Waals surface area contributed by atoms with Gasteiger partial charge in [0.2, 0.25) is 5.91 Å². The number of unbranched alkanes of at least 4 members (excludes halogenated alkanes) is 2. The van der Waals surface area contributed by atoms with Gasteiger partial charge in [0.05, 0.1) is 16.4 Å². The highest BCUT2D eigenvalue weighted by Gasteiger charge is 2.20. The molecule has 2 amide bonds. The first-order valence-electron chi connectivity index (χ1n) is 11.1. The molecular weight excluding hydrogens is 440 g/mol. The number of hydrogen-bond acceptors (Lipinski definition) is 6. The van der Waals surface area contributed by atoms with Crippen LogP contribution in [0.25, 0.3) is 11.3 Å². The van der Waals surface area contributed by atoms with Crippen LogP contribution in [0.1, 0.15) is 77.8 Å². The zero-order chi connectivity index (χ0) is 22.7. The topological polar surface area (TPSA) is 84.0 Å². The third-order valence-corrected chi connectivity index (χ3v) is 7.85. The van der Waals surface area contributed by atoms with Crippen molar-refractivity contribution in [2.24, 2.45) is 0 Å². The summed E-state index contributed by atoms with van der Waals surface area (Å²) < 4.78 is 0. The lowest BCUT2D eigenvalue weighted by Gasteiger charge is -2.17. The minimum atomic E-state index is -0.152. The van der Waals surface area contributed by atoms with E-state index in [0.29, 0.717) is 22.3 Å². The van der Waals surface area contributed by atoms with E-state index < -0.39 is 0 Å². The molecule has 1 unspecified atom stereocenters. The van der Waals surface area contributed by atoms with Crippen LogP contribution in [0.15, 0.2) is 23.6 Å². The van der Waals surface area contributed by atoms with Crippen LogP contribution in [0.4, 0.5) is 10.8 Å². The first-order chi connectivity index (χ1) is 15.4. The fraction of sp³-hybridized carbons (Fsp3) is 0.417. The predicted molar refractivity (Wildman–Crippen MR) is 132 cm³/mol. The molecule has 1 aromatic carbocycles. The normalized spacial score (nSPS) is 14.0. The molecule has 1 atom stereocenters. The van der Waals surface area contributed by atoms with Crippen LogP contribution in [-0.2, 0) is 11.2 Å². The number of nitrogens with zero attached hydrogens (tertiary/aromatic N) is 2. The van der Waals surface area contributed by atoms with Gasteiger partial charge in [-0.2, -0.15) is 0 Å². The summed E-state index contributed by atoms with van der Waals surface area (Å²) in [5.74, 6) is 0.272. The molecule has 32 heavy (non-hydrogen) atoms. The van der Waals surface area contributed by atoms with Gasteiger partial charge in [-0.3, -0.25) is 14.9 Å². The van der Waals surface area contributed by atoms with Crippen LogP contribution in [0.3, 0.4) is 0 Å². The minimum absolute atomic E-state index is 0.0563. The Morgan fingerprint density at radius 3 is 2.91 bits per heavy atom. The molecule has 168 valence electrons. The standard InChI is InChI=1S/C24H28N4O2S2/c1-4-5-6-7-14(2)23-25-15(3)21(32-23)22(30)28-24-27-19(13-31-24)17-8-10-18-16(12-17)9-11-20(29)26-18/h8,10,12-14H,4-7,9,11H2,1-3H3,(H,26,29)(H,27,28,30). The van der Waals surface area contributed by atoms with Crippen molar-refractivity contribution in [2.75, 3.05) is 10.6 Å². The number of rotatable bonds is 8. The average molecular weight is 469 g/mol. The van der Waals surface area contributed by atoms with E-state index in [-0.39, 0.29) is 11.8 Å². The molecule has 0 aliphatic carbocycles. The van der Waals surface area contributed by atoms with Gasteiger partial charge < -0.3 is 5.32 Å². The Balaban J connectivity index is 1.44. The number of anilines is 2. The number of thiazole rings is 2. The maximum atomic E-state index is 12.9. The average Bonchev–Trinajstić information content (AvgIpc) is 3.40. The van der Waals surface area contributed by atoms with E-state index in [0.717, 1.165) is 46.1 Å². The van der Waals surface area contributed by atoms with Crippen LogP contribution in [0.2, 0.25) is 0 Å². The molecule has 0 fully saturated rings. The molecule has 1 aliphatic rings. The van der Waals surface area contributed by atoms with E-state index in [1.165, 1.54) is 41.9 Å². The number of aryl methyl sites for hydroxylation is 2. The molecule has 3 aromatic rings. The van der Waals surface area contributed by atoms with Crippen molar-refractivity contribution >= 4 is 45.3 Å². The second kappa shape index (κ2) is 9.92. The zero-order valence-corrected chi connectivity index (χ0v) is 20.3. The lowest BCUT2D eigenvalue weighted by atomic mass is 9.99. The van der Waals surface area contributed by atoms with Crippen molar-refractivity contribution in [3.8, 4) is 11.3 Å². The van der Waals surface area contributed by atoms with E-state index >= 15 is 0 Å². The SMILES string of the molecule is CCCCCC(C)c1nc(C)c(C(=O)Nc2nc(-c3ccc4c(c3)CCC(=O)N4)cs2)s1. The highest BCUT2D eigenvalue weighted by molar-refractivity contribution is 7.15. The van der Waals surface area contributed by atoms with Crippen LogP contribution >= 0.6 is 22.7 Å². The molecule has 0 saturated carbocycles. The summed E-state index contributed by atoms with van der Waals surface area (Å²) in [6.07, 6.45) is 5.95. The van der Waals surface area contributed by atoms with Crippen LogP contribution in [0, 0.1) is 6.92 Å². The molecule has 4 rings (SSSR count). The van der Waals surface area contributed by atoms with Gasteiger partial charge in [-0.25, -0.2) is 9.97 Å². The highest BCUT2D eigenvalue weighted by Crippen LogP contribution is 2.32. The molecule has 3 heterocycles. The minimum Gasteiger partial charge on any atom is -0.326 e. The summed E-state index contributed by atoms with van der Waals surface area (Å²) >= 11 is 2.90. The fourth-order valence-electron chi connectivity index (χ4n) is 3.82. The first kappa shape index (κ1) is 22.6. The Kier molecular flexibility index (Phi) is 7.01. The van der Waals surface area contributed by atoms with Gasteiger partial charge in [0, 0.05) is 29.0 Å². The van der Waals surface area contributed by atoms with Crippen molar-refractivity contribution in [3.63, 3.8) is 0 Å². The number of carbonyl (C=O) groups is 2. The lowest BCUT2D eigenvalue weighted by molar-refractivity contribution is -0.116. The molecule has 1 aliphatic heterocycles. The van der Waals surface area contributed by atoms with Gasteiger partial charge in [0.1, 0.15) is 4.88 Å². The summed E-state index contributed by atoms with van der Waals surface area (Å²) in [5.41, 5.74) is 4.55. The van der Waals surface area contributed by atoms with Crippen molar-refractivity contribution in [1.29, 1.82) is 0 Å². The van der Waals surface area contributed by atoms with E-state index in [1.807, 2.05) is 24.4 Å². The molecular formula is C24H28N4O2S2. The van der Waals surface area contributed by atoms with Gasteiger partial charge >= 0.3 is 0 Å². The molecule has 6 nitrogen and oxygen atoms in total. The number of benzene rings is 1. The quantitative estimate of drug-likeness (QED) is 0.375. The van der Waals surface area contributed by atoms with E-state index in [4.69, 9.17) is 0 Å². The molecule has 2 aromatic heterocycles. The number of aromatic nitrogens is 2. The molecule has 0 spiro atoms. The Morgan fingerprint density at radius 2 is 2.09 bits per heavy atom. The highest BCUT2D eigenvalue weighted by atomic mass is 32.1. The largest absolute Gasteiger partial charge is 0.326 e. The smallest absolute Gasteiger partial charge is 0.269 e. The number of amides is 2. The van der Waals surface area contributed by atoms with E-state index in [2.05, 4.69) is 40.5 Å². The molecule has 0 radical (unpaired) electrons. The van der Waals surface area contributed by atoms with Gasteiger partial charge in [-0.1, -0.05) is 39.2 Å². The summed E-state index contributed by atoms with van der Waals surface area (Å²) in [4.78, 5) is 34.4. The molecule has 8 heteroatoms. The second-order valence-electron chi connectivity index (χ2n) is 8.28. The third kappa shape index (κ3) is 5.07. The predicted octanol–water partition coefficient (Wildman–Crippen LogP) is 6.40. The van der Waals surface area contributed by atoms with Gasteiger partial charge in [0.15, 0.2) is 5.13 Å². The first-order valence-corrected chi connectivity index (χ1v) is 12.8. The second-order valence-corrected chi connectivity index (χ2v) is 10.2. The Labute approximate surface area is 196 Å². The van der Waals surface area contributed by atoms with Crippen molar-refractivity contribution < 1.29 is 9.59 Å². The lowest BCUT2D eigenvalue weighted by Crippen LogP contribution is -2.18. The van der Waals surface area contributed by atoms with Gasteiger partial charge in [-0.15, -0.1) is 22.7 Å². The summed E-state index contributed by atoms with van der Waals surface area (Å²) in [6, 6.07) is 5.93. The Morgan fingerprint density at radius 1 is 1.25 bits per heavy atom. The van der Waals surface area contributed by atoms with Crippen molar-refractivity contribution in [1.82, 2.24) is 9.97 Å². The maximum absolute atomic E-state index is 12.9. The van der Waals surface area contributed by atoms with Crippen molar-refractivity contribution in [3.05, 3.63) is 44.7 Å². The van der Waals surface area contributed by atoms with E-state index in [1.54, 1.807) is 0 Å². The number of nitrogens with one attached hydrogen (secondary N) is 2. The summed E-state index contributed by atoms with van der Waals surface area (Å²) in [7, 11) is 0. The summed E-state index contributed by atoms with van der Waals surface area (Å²) in [6.45, 7) is 6.29. The van der Waals surface area contributed by atoms with Gasteiger partial charge in [-0.05, 0) is 37.5 Å².